The summed E-state index contributed by atoms with van der Waals surface area (Å²) in [6, 6.07) is 0. The molecule has 0 rings (SSSR count). The Kier molecular flexibility index (Phi) is 30.5. The lowest BCUT2D eigenvalue weighted by Gasteiger charge is -1.98. The molecule has 8 nitrogen and oxygen atoms in total. The summed E-state index contributed by atoms with van der Waals surface area (Å²) in [5.74, 6) is -1.48. The Morgan fingerprint density at radius 2 is 0.889 bits per heavy atom. The number of carbonyl (C=O) groups is 2. The van der Waals surface area contributed by atoms with E-state index < -0.39 is 18.0 Å². The number of aliphatic carboxylic acids is 2. The number of aliphatic hydroxyl groups is 4. The van der Waals surface area contributed by atoms with Gasteiger partial charge in [0, 0.05) is 26.1 Å². The second-order valence-electron chi connectivity index (χ2n) is 6.30. The van der Waals surface area contributed by atoms with Gasteiger partial charge in [0.2, 0.25) is 0 Å². The Bertz CT molecular complexity index is 282. The first-order valence-corrected chi connectivity index (χ1v) is 9.76. The minimum atomic E-state index is -0.740. The number of hydrogen-bond donors (Lipinski definition) is 6. The van der Waals surface area contributed by atoms with Crippen molar-refractivity contribution in [3.8, 4) is 0 Å². The molecule has 27 heavy (non-hydrogen) atoms. The number of hydrogen-bond acceptors (Lipinski definition) is 6. The number of unbranched alkanes of at least 4 members (excludes halogenated alkanes) is 8. The predicted octanol–water partition coefficient (Wildman–Crippen LogP) is 2.17. The van der Waals surface area contributed by atoms with Crippen LogP contribution < -0.4 is 0 Å². The van der Waals surface area contributed by atoms with Crippen molar-refractivity contribution in [2.45, 2.75) is 90.1 Å². The minimum absolute atomic E-state index is 0.139. The van der Waals surface area contributed by atoms with Gasteiger partial charge in [0.1, 0.15) is 0 Å². The zero-order chi connectivity index (χ0) is 21.3. The maximum absolute atomic E-state index is 10.1. The molecule has 1 atom stereocenters. The van der Waals surface area contributed by atoms with Crippen molar-refractivity contribution in [1.82, 2.24) is 0 Å². The molecule has 0 heterocycles. The van der Waals surface area contributed by atoms with Crippen molar-refractivity contribution in [2.24, 2.45) is 0 Å². The van der Waals surface area contributed by atoms with Gasteiger partial charge >= 0.3 is 11.9 Å². The highest BCUT2D eigenvalue weighted by atomic mass is 16.4. The molecule has 0 aromatic carbocycles. The summed E-state index contributed by atoms with van der Waals surface area (Å²) in [5.41, 5.74) is 0. The summed E-state index contributed by atoms with van der Waals surface area (Å²) in [7, 11) is 0. The van der Waals surface area contributed by atoms with E-state index in [0.29, 0.717) is 0 Å². The maximum atomic E-state index is 10.1. The van der Waals surface area contributed by atoms with E-state index in [4.69, 9.17) is 30.6 Å². The molecule has 8 heteroatoms. The van der Waals surface area contributed by atoms with Crippen LogP contribution in [0.25, 0.3) is 0 Å². The highest BCUT2D eigenvalue weighted by molar-refractivity contribution is 5.66. The molecule has 1 unspecified atom stereocenters. The first-order chi connectivity index (χ1) is 12.8. The third-order valence-corrected chi connectivity index (χ3v) is 3.36. The molecule has 0 aliphatic heterocycles. The van der Waals surface area contributed by atoms with E-state index in [1.165, 1.54) is 6.92 Å². The maximum Gasteiger partial charge on any atom is 0.303 e. The van der Waals surface area contributed by atoms with Crippen LogP contribution in [0.5, 0.6) is 0 Å². The smallest absolute Gasteiger partial charge is 0.303 e. The topological polar surface area (TPSA) is 156 Å². The Morgan fingerprint density at radius 3 is 1.11 bits per heavy atom. The third-order valence-electron chi connectivity index (χ3n) is 3.36. The summed E-state index contributed by atoms with van der Waals surface area (Å²) in [4.78, 5) is 20.3. The highest BCUT2D eigenvalue weighted by Crippen LogP contribution is 2.08. The van der Waals surface area contributed by atoms with Gasteiger partial charge in [-0.3, -0.25) is 9.59 Å². The molecule has 0 spiro atoms. The normalized spacial score (nSPS) is 10.9. The summed E-state index contributed by atoms with van der Waals surface area (Å²) >= 11 is 0. The molecule has 0 fully saturated rings. The zero-order valence-electron chi connectivity index (χ0n) is 16.7. The van der Waals surface area contributed by atoms with E-state index in [9.17, 15) is 9.59 Å². The van der Waals surface area contributed by atoms with Crippen LogP contribution >= 0.6 is 0 Å². The largest absolute Gasteiger partial charge is 0.481 e. The number of carboxylic acid groups (broad SMARTS) is 2. The molecule has 0 saturated carbocycles. The van der Waals surface area contributed by atoms with Gasteiger partial charge in [0.15, 0.2) is 0 Å². The molecule has 164 valence electrons. The summed E-state index contributed by atoms with van der Waals surface area (Å²) in [5, 5.41) is 49.3. The van der Waals surface area contributed by atoms with Crippen LogP contribution in [-0.4, -0.2) is 68.5 Å². The summed E-state index contributed by atoms with van der Waals surface area (Å²) < 4.78 is 0. The molecule has 0 aromatic rings. The van der Waals surface area contributed by atoms with Crippen LogP contribution in [0.3, 0.4) is 0 Å². The fraction of sp³-hybridized carbons (Fsp3) is 0.895. The lowest BCUT2D eigenvalue weighted by Crippen LogP contribution is -2.03. The fourth-order valence-corrected chi connectivity index (χ4v) is 1.84. The second-order valence-corrected chi connectivity index (χ2v) is 6.30. The number of carboxylic acids is 2. The second kappa shape index (κ2) is 27.0. The van der Waals surface area contributed by atoms with Crippen molar-refractivity contribution >= 4 is 11.9 Å². The van der Waals surface area contributed by atoms with E-state index in [1.54, 1.807) is 0 Å². The van der Waals surface area contributed by atoms with E-state index in [1.807, 2.05) is 0 Å². The van der Waals surface area contributed by atoms with E-state index >= 15 is 0 Å². The fourth-order valence-electron chi connectivity index (χ4n) is 1.84. The molecule has 6 N–H and O–H groups in total. The first-order valence-electron chi connectivity index (χ1n) is 9.76. The monoisotopic (exact) mass is 396 g/mol. The Balaban J connectivity index is -0.000000372. The van der Waals surface area contributed by atoms with Gasteiger partial charge in [0.25, 0.3) is 0 Å². The Labute approximate surface area is 162 Å². The lowest BCUT2D eigenvalue weighted by molar-refractivity contribution is -0.138. The standard InChI is InChI=1S/C10H18O4.C6H14O2.C3H8O2/c11-9(12)7-5-3-1-2-4-6-8-10(13)14;7-5-3-1-2-4-6-8;1-3(5)2-4/h1-8H2,(H,11,12)(H,13,14);7-8H,1-6H2;3-5H,2H2,1H3. The molecule has 0 amide bonds. The molecule has 0 aromatic heterocycles. The molecule has 0 aliphatic rings. The summed E-state index contributed by atoms with van der Waals surface area (Å²) in [6.45, 7) is 1.96. The molecular weight excluding hydrogens is 356 g/mol. The van der Waals surface area contributed by atoms with Crippen molar-refractivity contribution in [3.05, 3.63) is 0 Å². The third kappa shape index (κ3) is 45.7. The van der Waals surface area contributed by atoms with Gasteiger partial charge in [0.05, 0.1) is 12.7 Å². The van der Waals surface area contributed by atoms with Crippen LogP contribution in [0.2, 0.25) is 0 Å². The van der Waals surface area contributed by atoms with Gasteiger partial charge in [-0.25, -0.2) is 0 Å². The average Bonchev–Trinajstić information content (AvgIpc) is 2.61. The Morgan fingerprint density at radius 1 is 0.630 bits per heavy atom. The van der Waals surface area contributed by atoms with Crippen molar-refractivity contribution < 1.29 is 40.2 Å². The Hall–Kier alpha value is -1.22. The van der Waals surface area contributed by atoms with Crippen LogP contribution in [-0.2, 0) is 9.59 Å². The first kappa shape index (κ1) is 30.5. The van der Waals surface area contributed by atoms with Crippen LogP contribution in [0.1, 0.15) is 84.0 Å². The van der Waals surface area contributed by atoms with Gasteiger partial charge in [-0.05, 0) is 32.6 Å². The number of aliphatic hydroxyl groups excluding tert-OH is 4. The van der Waals surface area contributed by atoms with E-state index in [0.717, 1.165) is 64.2 Å². The quantitative estimate of drug-likeness (QED) is 0.230. The van der Waals surface area contributed by atoms with Crippen molar-refractivity contribution in [3.63, 3.8) is 0 Å². The van der Waals surface area contributed by atoms with Crippen molar-refractivity contribution in [2.75, 3.05) is 19.8 Å². The molecular formula is C19H40O8. The average molecular weight is 397 g/mol. The molecule has 0 saturated heterocycles. The molecule has 0 aliphatic carbocycles. The summed E-state index contributed by atoms with van der Waals surface area (Å²) in [6.07, 6.45) is 9.09. The lowest BCUT2D eigenvalue weighted by atomic mass is 10.1. The highest BCUT2D eigenvalue weighted by Gasteiger charge is 1.98. The van der Waals surface area contributed by atoms with Crippen LogP contribution in [0, 0.1) is 0 Å². The molecule has 0 radical (unpaired) electrons. The predicted molar refractivity (Wildman–Crippen MR) is 104 cm³/mol. The number of rotatable bonds is 15. The molecule has 0 bridgehead atoms. The van der Waals surface area contributed by atoms with E-state index in [-0.39, 0.29) is 32.7 Å². The van der Waals surface area contributed by atoms with Gasteiger partial charge in [-0.1, -0.05) is 38.5 Å². The van der Waals surface area contributed by atoms with Crippen LogP contribution in [0.15, 0.2) is 0 Å². The van der Waals surface area contributed by atoms with Gasteiger partial charge in [-0.2, -0.15) is 0 Å². The van der Waals surface area contributed by atoms with Gasteiger partial charge in [-0.15, -0.1) is 0 Å². The minimum Gasteiger partial charge on any atom is -0.481 e. The van der Waals surface area contributed by atoms with E-state index in [2.05, 4.69) is 0 Å². The van der Waals surface area contributed by atoms with Crippen molar-refractivity contribution in [1.29, 1.82) is 0 Å². The van der Waals surface area contributed by atoms with Gasteiger partial charge < -0.3 is 30.6 Å². The zero-order valence-corrected chi connectivity index (χ0v) is 16.7. The van der Waals surface area contributed by atoms with Crippen LogP contribution in [0.4, 0.5) is 0 Å². The SMILES string of the molecule is CC(O)CO.O=C(O)CCCCCCCCC(=O)O.OCCCCCCO.